The number of carbonyl (C=O) groups excluding carboxylic acids is 1. The number of halogens is 1. The Morgan fingerprint density at radius 3 is 2.44 bits per heavy atom. The Kier molecular flexibility index (Phi) is 6.20. The third-order valence-electron chi connectivity index (χ3n) is 4.03. The van der Waals surface area contributed by atoms with Crippen LogP contribution in [0.4, 0.5) is 0 Å². The largest absolute Gasteiger partial charge is 0.480 e. The molecule has 0 fully saturated rings. The first-order valence-electron chi connectivity index (χ1n) is 7.94. The lowest BCUT2D eigenvalue weighted by molar-refractivity contribution is -0.145. The second-order valence-electron chi connectivity index (χ2n) is 6.11. The number of aromatic nitrogens is 1. The minimum Gasteiger partial charge on any atom is -0.480 e. The highest BCUT2D eigenvalue weighted by Gasteiger charge is 2.23. The smallest absolute Gasteiger partial charge is 0.323 e. The number of aryl methyl sites for hydroxylation is 2. The normalized spacial score (nSPS) is 12.0. The number of benzene rings is 1. The molecule has 134 valence electrons. The van der Waals surface area contributed by atoms with Crippen LogP contribution in [0.1, 0.15) is 41.8 Å². The fourth-order valence-corrected chi connectivity index (χ4v) is 3.02. The van der Waals surface area contributed by atoms with E-state index in [0.29, 0.717) is 10.8 Å². The van der Waals surface area contributed by atoms with Crippen LogP contribution in [-0.2, 0) is 16.1 Å². The molecule has 7 heteroatoms. The molecule has 1 N–H and O–H groups in total. The average molecular weight is 365 g/mol. The van der Waals surface area contributed by atoms with Crippen molar-refractivity contribution >= 4 is 23.5 Å². The predicted octanol–water partition coefficient (Wildman–Crippen LogP) is 3.55. The molecular weight excluding hydrogens is 344 g/mol. The van der Waals surface area contributed by atoms with Crippen LogP contribution in [0, 0.1) is 13.8 Å². The van der Waals surface area contributed by atoms with E-state index in [1.165, 1.54) is 4.90 Å². The van der Waals surface area contributed by atoms with Crippen LogP contribution >= 0.6 is 11.6 Å². The first-order valence-corrected chi connectivity index (χ1v) is 8.32. The Hall–Kier alpha value is -2.34. The predicted molar refractivity (Wildman–Crippen MR) is 93.5 cm³/mol. The Labute approximate surface area is 151 Å². The highest BCUT2D eigenvalue weighted by Crippen LogP contribution is 2.26. The monoisotopic (exact) mass is 364 g/mol. The number of carboxylic acid groups (broad SMARTS) is 1. The molecule has 1 unspecified atom stereocenters. The van der Waals surface area contributed by atoms with E-state index in [-0.39, 0.29) is 31.3 Å². The summed E-state index contributed by atoms with van der Waals surface area (Å²) in [5.41, 5.74) is 2.47. The van der Waals surface area contributed by atoms with Crippen molar-refractivity contribution in [1.29, 1.82) is 0 Å². The highest BCUT2D eigenvalue weighted by atomic mass is 35.5. The molecule has 0 aliphatic rings. The van der Waals surface area contributed by atoms with Gasteiger partial charge in [0.2, 0.25) is 5.91 Å². The van der Waals surface area contributed by atoms with Gasteiger partial charge in [0.25, 0.3) is 0 Å². The second kappa shape index (κ2) is 8.16. The number of hydrogen-bond acceptors (Lipinski definition) is 4. The van der Waals surface area contributed by atoms with Crippen LogP contribution in [-0.4, -0.2) is 33.6 Å². The highest BCUT2D eigenvalue weighted by molar-refractivity contribution is 6.30. The summed E-state index contributed by atoms with van der Waals surface area (Å²) in [5.74, 6) is -0.710. The number of hydrogen-bond donors (Lipinski definition) is 1. The molecule has 0 aliphatic carbocycles. The fraction of sp³-hybridized carbons (Fsp3) is 0.389. The molecule has 0 radical (unpaired) electrons. The zero-order chi connectivity index (χ0) is 18.6. The van der Waals surface area contributed by atoms with E-state index in [9.17, 15) is 9.59 Å². The molecular formula is C18H21ClN2O4. The summed E-state index contributed by atoms with van der Waals surface area (Å²) in [6, 6.07) is 6.99. The van der Waals surface area contributed by atoms with Crippen LogP contribution in [0.25, 0.3) is 0 Å². The van der Waals surface area contributed by atoms with Crippen LogP contribution in [0.3, 0.4) is 0 Å². The zero-order valence-corrected chi connectivity index (χ0v) is 15.2. The van der Waals surface area contributed by atoms with Gasteiger partial charge in [-0.05, 0) is 37.5 Å². The van der Waals surface area contributed by atoms with Crippen molar-refractivity contribution in [3.63, 3.8) is 0 Å². The maximum absolute atomic E-state index is 12.7. The van der Waals surface area contributed by atoms with E-state index in [1.54, 1.807) is 31.2 Å². The summed E-state index contributed by atoms with van der Waals surface area (Å²) >= 11 is 5.86. The summed E-state index contributed by atoms with van der Waals surface area (Å²) < 4.78 is 5.15. The van der Waals surface area contributed by atoms with Crippen LogP contribution < -0.4 is 0 Å². The van der Waals surface area contributed by atoms with Gasteiger partial charge in [-0.1, -0.05) is 35.8 Å². The molecule has 2 aromatic rings. The molecule has 1 amide bonds. The molecule has 0 spiro atoms. The van der Waals surface area contributed by atoms with E-state index >= 15 is 0 Å². The zero-order valence-electron chi connectivity index (χ0n) is 14.5. The molecule has 0 aliphatic heterocycles. The summed E-state index contributed by atoms with van der Waals surface area (Å²) in [4.78, 5) is 25.1. The van der Waals surface area contributed by atoms with Crippen molar-refractivity contribution in [3.8, 4) is 0 Å². The number of rotatable bonds is 7. The molecule has 1 aromatic heterocycles. The van der Waals surface area contributed by atoms with Crippen molar-refractivity contribution in [2.75, 3.05) is 6.54 Å². The van der Waals surface area contributed by atoms with Gasteiger partial charge in [0.15, 0.2) is 0 Å². The Morgan fingerprint density at radius 1 is 1.28 bits per heavy atom. The topological polar surface area (TPSA) is 83.6 Å². The van der Waals surface area contributed by atoms with Crippen molar-refractivity contribution in [2.24, 2.45) is 0 Å². The number of carboxylic acids is 1. The first kappa shape index (κ1) is 19.0. The third kappa shape index (κ3) is 5.06. The van der Waals surface area contributed by atoms with E-state index < -0.39 is 5.97 Å². The van der Waals surface area contributed by atoms with Crippen molar-refractivity contribution in [2.45, 2.75) is 39.7 Å². The number of amides is 1. The molecule has 0 bridgehead atoms. The molecule has 25 heavy (non-hydrogen) atoms. The third-order valence-corrected chi connectivity index (χ3v) is 4.28. The van der Waals surface area contributed by atoms with Gasteiger partial charge in [0, 0.05) is 23.6 Å². The van der Waals surface area contributed by atoms with E-state index in [2.05, 4.69) is 5.16 Å². The molecule has 0 saturated carbocycles. The van der Waals surface area contributed by atoms with Gasteiger partial charge in [-0.25, -0.2) is 0 Å². The molecule has 1 atom stereocenters. The summed E-state index contributed by atoms with van der Waals surface area (Å²) in [7, 11) is 0. The first-order chi connectivity index (χ1) is 11.8. The van der Waals surface area contributed by atoms with E-state index in [1.807, 2.05) is 13.8 Å². The number of aliphatic carboxylic acids is 1. The summed E-state index contributed by atoms with van der Waals surface area (Å²) in [5, 5.41) is 13.6. The van der Waals surface area contributed by atoms with Crippen LogP contribution in [0.2, 0.25) is 5.02 Å². The van der Waals surface area contributed by atoms with E-state index in [4.69, 9.17) is 21.2 Å². The lowest BCUT2D eigenvalue weighted by atomic mass is 9.95. The number of nitrogens with zero attached hydrogens (tertiary/aromatic N) is 2. The maximum atomic E-state index is 12.7. The molecule has 6 nitrogen and oxygen atoms in total. The standard InChI is InChI=1S/C18H21ClN2O4/c1-11(18-12(2)20-25-13(18)3)8-16(22)21(10-17(23)24)9-14-4-6-15(19)7-5-14/h4-7,11H,8-10H2,1-3H3,(H,23,24). The minimum atomic E-state index is -1.05. The number of carbonyl (C=O) groups is 2. The van der Waals surface area contributed by atoms with Gasteiger partial charge in [-0.2, -0.15) is 0 Å². The van der Waals surface area contributed by atoms with Gasteiger partial charge < -0.3 is 14.5 Å². The van der Waals surface area contributed by atoms with Crippen molar-refractivity contribution in [1.82, 2.24) is 10.1 Å². The van der Waals surface area contributed by atoms with Gasteiger partial charge in [0.05, 0.1) is 5.69 Å². The van der Waals surface area contributed by atoms with Gasteiger partial charge >= 0.3 is 5.97 Å². The van der Waals surface area contributed by atoms with Gasteiger partial charge in [-0.15, -0.1) is 0 Å². The lowest BCUT2D eigenvalue weighted by Crippen LogP contribution is -2.35. The summed E-state index contributed by atoms with van der Waals surface area (Å²) in [6.45, 7) is 5.41. The average Bonchev–Trinajstić information content (AvgIpc) is 2.87. The summed E-state index contributed by atoms with van der Waals surface area (Å²) in [6.07, 6.45) is 0.184. The fourth-order valence-electron chi connectivity index (χ4n) is 2.89. The molecule has 1 aromatic carbocycles. The van der Waals surface area contributed by atoms with Gasteiger partial charge in [-0.3, -0.25) is 9.59 Å². The Bertz CT molecular complexity index is 735. The van der Waals surface area contributed by atoms with Crippen molar-refractivity contribution in [3.05, 3.63) is 51.9 Å². The van der Waals surface area contributed by atoms with E-state index in [0.717, 1.165) is 16.8 Å². The second-order valence-corrected chi connectivity index (χ2v) is 6.55. The Balaban J connectivity index is 2.12. The molecule has 0 saturated heterocycles. The minimum absolute atomic E-state index is 0.111. The van der Waals surface area contributed by atoms with Crippen molar-refractivity contribution < 1.29 is 19.2 Å². The van der Waals surface area contributed by atoms with Gasteiger partial charge in [0.1, 0.15) is 12.3 Å². The molecule has 1 heterocycles. The van der Waals surface area contributed by atoms with Crippen LogP contribution in [0.5, 0.6) is 0 Å². The lowest BCUT2D eigenvalue weighted by Gasteiger charge is -2.23. The molecule has 2 rings (SSSR count). The maximum Gasteiger partial charge on any atom is 0.323 e. The quantitative estimate of drug-likeness (QED) is 0.812. The SMILES string of the molecule is Cc1noc(C)c1C(C)CC(=O)N(CC(=O)O)Cc1ccc(Cl)cc1. The van der Waals surface area contributed by atoms with Crippen LogP contribution in [0.15, 0.2) is 28.8 Å². The Morgan fingerprint density at radius 2 is 1.92 bits per heavy atom.